The van der Waals surface area contributed by atoms with Gasteiger partial charge in [-0.15, -0.1) is 12.4 Å². The van der Waals surface area contributed by atoms with Crippen LogP contribution in [0.5, 0.6) is 11.5 Å². The molecular weight excluding hydrogens is 327 g/mol. The van der Waals surface area contributed by atoms with Gasteiger partial charge in [0, 0.05) is 38.8 Å². The highest BCUT2D eigenvalue weighted by molar-refractivity contribution is 6.33. The van der Waals surface area contributed by atoms with Crippen molar-refractivity contribution in [3.05, 3.63) is 22.7 Å². The fraction of sp³-hybridized carbons (Fsp3) is 0.600. The third-order valence-electron chi connectivity index (χ3n) is 3.87. The van der Waals surface area contributed by atoms with E-state index in [-0.39, 0.29) is 25.1 Å². The van der Waals surface area contributed by atoms with E-state index in [4.69, 9.17) is 21.1 Å². The standard InChI is InChI=1S/C15H23ClN2O3.ClH/c1-20-13-4-3-11(14(16)15(13)21-2)12(5-10-19)18-8-6-17-7-9-18;/h3-4,12,17,19H,5-10H2,1-2H3;1H/t12-;/m1./s1. The monoisotopic (exact) mass is 350 g/mol. The number of nitrogens with one attached hydrogen (secondary N) is 1. The second kappa shape index (κ2) is 9.43. The first-order valence-electron chi connectivity index (χ1n) is 7.19. The maximum absolute atomic E-state index is 9.41. The molecule has 0 amide bonds. The number of methoxy groups -OCH3 is 2. The maximum Gasteiger partial charge on any atom is 0.179 e. The number of ether oxygens (including phenoxy) is 2. The Kier molecular flexibility index (Phi) is 8.28. The Labute approximate surface area is 142 Å². The number of rotatable bonds is 6. The number of halogens is 2. The van der Waals surface area contributed by atoms with Gasteiger partial charge in [0.25, 0.3) is 0 Å². The van der Waals surface area contributed by atoms with Gasteiger partial charge in [-0.05, 0) is 18.1 Å². The van der Waals surface area contributed by atoms with Crippen molar-refractivity contribution in [1.82, 2.24) is 10.2 Å². The molecule has 0 aliphatic carbocycles. The molecule has 0 bridgehead atoms. The van der Waals surface area contributed by atoms with Gasteiger partial charge in [-0.3, -0.25) is 4.90 Å². The molecule has 2 N–H and O–H groups in total. The molecule has 126 valence electrons. The minimum atomic E-state index is 0. The van der Waals surface area contributed by atoms with Gasteiger partial charge in [0.05, 0.1) is 19.2 Å². The summed E-state index contributed by atoms with van der Waals surface area (Å²) >= 11 is 6.51. The predicted octanol–water partition coefficient (Wildman–Crippen LogP) is 2.11. The van der Waals surface area contributed by atoms with Crippen LogP contribution in [0.3, 0.4) is 0 Å². The topological polar surface area (TPSA) is 54.0 Å². The van der Waals surface area contributed by atoms with Crippen molar-refractivity contribution in [2.75, 3.05) is 47.0 Å². The number of piperazine rings is 1. The second-order valence-corrected chi connectivity index (χ2v) is 5.40. The summed E-state index contributed by atoms with van der Waals surface area (Å²) in [5.74, 6) is 1.17. The van der Waals surface area contributed by atoms with E-state index >= 15 is 0 Å². The zero-order valence-corrected chi connectivity index (χ0v) is 14.5. The van der Waals surface area contributed by atoms with E-state index in [1.165, 1.54) is 0 Å². The quantitative estimate of drug-likeness (QED) is 0.822. The molecule has 2 rings (SSSR count). The summed E-state index contributed by atoms with van der Waals surface area (Å²) < 4.78 is 10.6. The fourth-order valence-corrected chi connectivity index (χ4v) is 3.17. The van der Waals surface area contributed by atoms with Crippen molar-refractivity contribution in [3.8, 4) is 11.5 Å². The number of aliphatic hydroxyl groups is 1. The Morgan fingerprint density at radius 1 is 1.27 bits per heavy atom. The summed E-state index contributed by atoms with van der Waals surface area (Å²) in [7, 11) is 3.18. The van der Waals surface area contributed by atoms with E-state index in [9.17, 15) is 5.11 Å². The molecule has 1 fully saturated rings. The normalized spacial score (nSPS) is 16.7. The van der Waals surface area contributed by atoms with Crippen LogP contribution in [0, 0.1) is 0 Å². The number of nitrogens with zero attached hydrogens (tertiary/aromatic N) is 1. The summed E-state index contributed by atoms with van der Waals surface area (Å²) in [4.78, 5) is 2.35. The maximum atomic E-state index is 9.41. The lowest BCUT2D eigenvalue weighted by Crippen LogP contribution is -2.45. The van der Waals surface area contributed by atoms with Crippen LogP contribution in [0.4, 0.5) is 0 Å². The molecule has 22 heavy (non-hydrogen) atoms. The molecule has 7 heteroatoms. The first kappa shape index (κ1) is 19.3. The van der Waals surface area contributed by atoms with Crippen LogP contribution >= 0.6 is 24.0 Å². The lowest BCUT2D eigenvalue weighted by atomic mass is 10.0. The molecule has 0 unspecified atom stereocenters. The largest absolute Gasteiger partial charge is 0.493 e. The van der Waals surface area contributed by atoms with E-state index in [2.05, 4.69) is 10.2 Å². The third kappa shape index (κ3) is 4.18. The summed E-state index contributed by atoms with van der Waals surface area (Å²) in [5, 5.41) is 13.3. The van der Waals surface area contributed by atoms with Gasteiger partial charge in [0.15, 0.2) is 11.5 Å². The second-order valence-electron chi connectivity index (χ2n) is 5.02. The zero-order valence-electron chi connectivity index (χ0n) is 13.0. The first-order chi connectivity index (χ1) is 10.2. The summed E-state index contributed by atoms with van der Waals surface area (Å²) in [6.07, 6.45) is 0.648. The van der Waals surface area contributed by atoms with Crippen molar-refractivity contribution in [1.29, 1.82) is 0 Å². The van der Waals surface area contributed by atoms with Gasteiger partial charge in [-0.1, -0.05) is 17.7 Å². The van der Waals surface area contributed by atoms with Gasteiger partial charge in [0.2, 0.25) is 0 Å². The van der Waals surface area contributed by atoms with Crippen LogP contribution in [0.2, 0.25) is 5.02 Å². The number of hydrogen-bond donors (Lipinski definition) is 2. The molecule has 0 aromatic heterocycles. The van der Waals surface area contributed by atoms with Crippen molar-refractivity contribution < 1.29 is 14.6 Å². The number of hydrogen-bond acceptors (Lipinski definition) is 5. The molecule has 1 aromatic carbocycles. The summed E-state index contributed by atoms with van der Waals surface area (Å²) in [5.41, 5.74) is 0.977. The van der Waals surface area contributed by atoms with Gasteiger partial charge < -0.3 is 19.9 Å². The van der Waals surface area contributed by atoms with E-state index in [0.717, 1.165) is 31.7 Å². The number of benzene rings is 1. The molecule has 1 heterocycles. The Morgan fingerprint density at radius 3 is 2.50 bits per heavy atom. The number of aliphatic hydroxyl groups excluding tert-OH is 1. The highest BCUT2D eigenvalue weighted by Gasteiger charge is 2.26. The molecule has 1 aliphatic heterocycles. The SMILES string of the molecule is COc1ccc([C@@H](CCO)N2CCNCC2)c(Cl)c1OC.Cl. The predicted molar refractivity (Wildman–Crippen MR) is 90.7 cm³/mol. The molecule has 1 atom stereocenters. The molecule has 0 radical (unpaired) electrons. The summed E-state index contributed by atoms with van der Waals surface area (Å²) in [6.45, 7) is 3.91. The van der Waals surface area contributed by atoms with Crippen LogP contribution in [-0.4, -0.2) is 57.0 Å². The Balaban J connectivity index is 0.00000242. The summed E-state index contributed by atoms with van der Waals surface area (Å²) in [6, 6.07) is 3.92. The average molecular weight is 351 g/mol. The molecule has 0 saturated carbocycles. The van der Waals surface area contributed by atoms with E-state index in [0.29, 0.717) is 22.9 Å². The van der Waals surface area contributed by atoms with Gasteiger partial charge in [0.1, 0.15) is 0 Å². The van der Waals surface area contributed by atoms with Gasteiger partial charge >= 0.3 is 0 Å². The van der Waals surface area contributed by atoms with E-state index < -0.39 is 0 Å². The third-order valence-corrected chi connectivity index (χ3v) is 4.26. The lowest BCUT2D eigenvalue weighted by Gasteiger charge is -2.35. The Morgan fingerprint density at radius 2 is 1.95 bits per heavy atom. The van der Waals surface area contributed by atoms with E-state index in [1.54, 1.807) is 14.2 Å². The first-order valence-corrected chi connectivity index (χ1v) is 7.56. The van der Waals surface area contributed by atoms with Gasteiger partial charge in [-0.25, -0.2) is 0 Å². The van der Waals surface area contributed by atoms with E-state index in [1.807, 2.05) is 12.1 Å². The molecule has 1 aromatic rings. The van der Waals surface area contributed by atoms with Crippen LogP contribution in [0.1, 0.15) is 18.0 Å². The van der Waals surface area contributed by atoms with Crippen molar-refractivity contribution in [2.24, 2.45) is 0 Å². The Hall–Kier alpha value is -0.720. The smallest absolute Gasteiger partial charge is 0.179 e. The van der Waals surface area contributed by atoms with Crippen molar-refractivity contribution in [3.63, 3.8) is 0 Å². The minimum absolute atomic E-state index is 0. The highest BCUT2D eigenvalue weighted by atomic mass is 35.5. The van der Waals surface area contributed by atoms with Crippen molar-refractivity contribution in [2.45, 2.75) is 12.5 Å². The van der Waals surface area contributed by atoms with Crippen LogP contribution in [0.25, 0.3) is 0 Å². The molecule has 0 spiro atoms. The fourth-order valence-electron chi connectivity index (χ4n) is 2.81. The average Bonchev–Trinajstić information content (AvgIpc) is 2.53. The molecule has 5 nitrogen and oxygen atoms in total. The minimum Gasteiger partial charge on any atom is -0.493 e. The molecule has 1 saturated heterocycles. The highest BCUT2D eigenvalue weighted by Crippen LogP contribution is 2.41. The van der Waals surface area contributed by atoms with Gasteiger partial charge in [-0.2, -0.15) is 0 Å². The van der Waals surface area contributed by atoms with Crippen LogP contribution < -0.4 is 14.8 Å². The van der Waals surface area contributed by atoms with Crippen LogP contribution in [0.15, 0.2) is 12.1 Å². The van der Waals surface area contributed by atoms with Crippen molar-refractivity contribution >= 4 is 24.0 Å². The molecular formula is C15H24Cl2N2O3. The molecule has 1 aliphatic rings. The van der Waals surface area contributed by atoms with Crippen LogP contribution in [-0.2, 0) is 0 Å². The zero-order chi connectivity index (χ0) is 15.2. The Bertz CT molecular complexity index is 468. The lowest BCUT2D eigenvalue weighted by molar-refractivity contribution is 0.141.